The van der Waals surface area contributed by atoms with Crippen LogP contribution in [0.25, 0.3) is 16.9 Å². The Bertz CT molecular complexity index is 1460. The van der Waals surface area contributed by atoms with Crippen molar-refractivity contribution in [1.29, 1.82) is 0 Å². The zero-order valence-electron chi connectivity index (χ0n) is 21.1. The lowest BCUT2D eigenvalue weighted by Crippen LogP contribution is -2.35. The first-order chi connectivity index (χ1) is 17.9. The van der Waals surface area contributed by atoms with Gasteiger partial charge in [0.1, 0.15) is 17.3 Å². The lowest BCUT2D eigenvalue weighted by atomic mass is 9.85. The Hall–Kier alpha value is -3.37. The van der Waals surface area contributed by atoms with Crippen LogP contribution < -0.4 is 10.6 Å². The van der Waals surface area contributed by atoms with Gasteiger partial charge in [-0.1, -0.05) is 12.1 Å². The number of benzene rings is 1. The second-order valence-electron chi connectivity index (χ2n) is 10.1. The van der Waals surface area contributed by atoms with Crippen molar-refractivity contribution in [2.75, 3.05) is 32.6 Å². The molecule has 0 saturated carbocycles. The number of aliphatic hydroxyl groups is 1. The van der Waals surface area contributed by atoms with E-state index in [0.29, 0.717) is 38.2 Å². The zero-order valence-corrected chi connectivity index (χ0v) is 21.1. The Morgan fingerprint density at radius 2 is 1.95 bits per heavy atom. The van der Waals surface area contributed by atoms with E-state index in [1.807, 2.05) is 30.6 Å². The highest BCUT2D eigenvalue weighted by Crippen LogP contribution is 2.37. The fourth-order valence-electron chi connectivity index (χ4n) is 5.45. The van der Waals surface area contributed by atoms with E-state index < -0.39 is 5.60 Å². The molecule has 0 bridgehead atoms. The van der Waals surface area contributed by atoms with Gasteiger partial charge >= 0.3 is 0 Å². The van der Waals surface area contributed by atoms with Crippen molar-refractivity contribution in [2.45, 2.75) is 38.1 Å². The topological polar surface area (TPSA) is 87.0 Å². The molecule has 8 nitrogen and oxygen atoms in total. The molecule has 1 aromatic carbocycles. The molecular weight excluding hydrogens is 471 g/mol. The monoisotopic (exact) mass is 502 g/mol. The highest BCUT2D eigenvalue weighted by molar-refractivity contribution is 5.75. The average Bonchev–Trinajstić information content (AvgIpc) is 3.52. The van der Waals surface area contributed by atoms with Crippen LogP contribution in [-0.4, -0.2) is 51.7 Å². The van der Waals surface area contributed by atoms with Crippen LogP contribution in [0.5, 0.6) is 0 Å². The summed E-state index contributed by atoms with van der Waals surface area (Å²) in [6.07, 6.45) is 4.65. The summed E-state index contributed by atoms with van der Waals surface area (Å²) in [6, 6.07) is 11.0. The van der Waals surface area contributed by atoms with E-state index in [1.54, 1.807) is 12.4 Å². The molecule has 0 amide bonds. The van der Waals surface area contributed by atoms with Gasteiger partial charge in [-0.2, -0.15) is 0 Å². The minimum atomic E-state index is -0.918. The summed E-state index contributed by atoms with van der Waals surface area (Å²) < 4.78 is 21.1. The highest BCUT2D eigenvalue weighted by atomic mass is 19.1. The summed E-state index contributed by atoms with van der Waals surface area (Å²) in [5.74, 6) is 0.440. The number of anilines is 2. The molecule has 37 heavy (non-hydrogen) atoms. The predicted molar refractivity (Wildman–Crippen MR) is 140 cm³/mol. The Balaban J connectivity index is 1.35. The normalized spacial score (nSPS) is 16.9. The maximum Gasteiger partial charge on any atom is 0.140 e. The van der Waals surface area contributed by atoms with Gasteiger partial charge in [-0.05, 0) is 43.4 Å². The number of aromatic nitrogens is 3. The maximum atomic E-state index is 13.7. The van der Waals surface area contributed by atoms with Crippen molar-refractivity contribution >= 4 is 17.2 Å². The zero-order chi connectivity index (χ0) is 25.6. The van der Waals surface area contributed by atoms with Crippen LogP contribution in [-0.2, 0) is 30.0 Å². The van der Waals surface area contributed by atoms with Gasteiger partial charge in [-0.3, -0.25) is 4.40 Å². The molecule has 2 aliphatic heterocycles. The Morgan fingerprint density at radius 3 is 2.76 bits per heavy atom. The largest absolute Gasteiger partial charge is 0.385 e. The number of nitrogens with zero attached hydrogens (tertiary/aromatic N) is 4. The molecule has 9 heteroatoms. The molecule has 6 rings (SSSR count). The molecule has 0 unspecified atom stereocenters. The van der Waals surface area contributed by atoms with Gasteiger partial charge in [0, 0.05) is 74.8 Å². The molecular formula is C28H31FN6O2. The summed E-state index contributed by atoms with van der Waals surface area (Å²) in [4.78, 5) is 11.4. The van der Waals surface area contributed by atoms with Crippen LogP contribution in [0.15, 0.2) is 48.8 Å². The Morgan fingerprint density at radius 1 is 1.14 bits per heavy atom. The molecule has 0 radical (unpaired) electrons. The average molecular weight is 503 g/mol. The van der Waals surface area contributed by atoms with Crippen LogP contribution in [0.2, 0.25) is 0 Å². The number of halogens is 1. The second kappa shape index (κ2) is 9.50. The van der Waals surface area contributed by atoms with Gasteiger partial charge in [0.2, 0.25) is 0 Å². The third-order valence-corrected chi connectivity index (χ3v) is 7.31. The van der Waals surface area contributed by atoms with Crippen molar-refractivity contribution in [3.63, 3.8) is 0 Å². The van der Waals surface area contributed by atoms with E-state index in [4.69, 9.17) is 9.72 Å². The summed E-state index contributed by atoms with van der Waals surface area (Å²) in [5, 5.41) is 18.4. The van der Waals surface area contributed by atoms with Gasteiger partial charge in [0.15, 0.2) is 0 Å². The number of imidazole rings is 1. The van der Waals surface area contributed by atoms with Gasteiger partial charge in [-0.25, -0.2) is 14.4 Å². The molecule has 4 aromatic rings. The van der Waals surface area contributed by atoms with Crippen molar-refractivity contribution in [3.8, 4) is 11.3 Å². The number of rotatable bonds is 6. The lowest BCUT2D eigenvalue weighted by Gasteiger charge is -2.34. The van der Waals surface area contributed by atoms with E-state index in [1.165, 1.54) is 23.3 Å². The van der Waals surface area contributed by atoms with E-state index >= 15 is 0 Å². The third kappa shape index (κ3) is 4.48. The SMILES string of the molecule is CN(C)Cc1nc(Nc2ccc(-c3cnc4cc(F)ccn34)c3c2CNC3)ccc1C1(O)CCOCC1. The summed E-state index contributed by atoms with van der Waals surface area (Å²) in [5.41, 5.74) is 6.77. The highest BCUT2D eigenvalue weighted by Gasteiger charge is 2.34. The van der Waals surface area contributed by atoms with Crippen molar-refractivity contribution in [1.82, 2.24) is 24.6 Å². The fraction of sp³-hybridized carbons (Fsp3) is 0.357. The number of hydrogen-bond donors (Lipinski definition) is 3. The van der Waals surface area contributed by atoms with E-state index in [-0.39, 0.29) is 5.82 Å². The third-order valence-electron chi connectivity index (χ3n) is 7.31. The van der Waals surface area contributed by atoms with Crippen molar-refractivity contribution < 1.29 is 14.2 Å². The molecule has 3 aromatic heterocycles. The van der Waals surface area contributed by atoms with Gasteiger partial charge in [-0.15, -0.1) is 0 Å². The first-order valence-electron chi connectivity index (χ1n) is 12.6. The molecule has 5 heterocycles. The maximum absolute atomic E-state index is 13.7. The molecule has 192 valence electrons. The molecule has 2 aliphatic rings. The molecule has 0 aliphatic carbocycles. The van der Waals surface area contributed by atoms with Gasteiger partial charge in [0.05, 0.1) is 23.2 Å². The van der Waals surface area contributed by atoms with E-state index in [9.17, 15) is 9.50 Å². The van der Waals surface area contributed by atoms with E-state index in [2.05, 4.69) is 32.7 Å². The van der Waals surface area contributed by atoms with Gasteiger partial charge in [0.25, 0.3) is 0 Å². The van der Waals surface area contributed by atoms with Crippen LogP contribution >= 0.6 is 0 Å². The molecule has 3 N–H and O–H groups in total. The first kappa shape index (κ1) is 24.0. The summed E-state index contributed by atoms with van der Waals surface area (Å²) >= 11 is 0. The fourth-order valence-corrected chi connectivity index (χ4v) is 5.45. The van der Waals surface area contributed by atoms with E-state index in [0.717, 1.165) is 47.1 Å². The smallest absolute Gasteiger partial charge is 0.140 e. The quantitative estimate of drug-likeness (QED) is 0.368. The van der Waals surface area contributed by atoms with Crippen LogP contribution in [0, 0.1) is 5.82 Å². The molecule has 1 saturated heterocycles. The van der Waals surface area contributed by atoms with Gasteiger partial charge < -0.3 is 25.4 Å². The second-order valence-corrected chi connectivity index (χ2v) is 10.1. The van der Waals surface area contributed by atoms with Crippen LogP contribution in [0.1, 0.15) is 35.2 Å². The first-order valence-corrected chi connectivity index (χ1v) is 12.6. The number of pyridine rings is 2. The lowest BCUT2D eigenvalue weighted by molar-refractivity contribution is -0.0688. The van der Waals surface area contributed by atoms with Crippen molar-refractivity contribution in [2.24, 2.45) is 0 Å². The van der Waals surface area contributed by atoms with Crippen LogP contribution in [0.3, 0.4) is 0 Å². The summed E-state index contributed by atoms with van der Waals surface area (Å²) in [6.45, 7) is 3.19. The van der Waals surface area contributed by atoms with Crippen molar-refractivity contribution in [3.05, 3.63) is 77.0 Å². The standard InChI is InChI=1S/C28H31FN6O2/c1-34(2)17-24-22(28(36)8-11-37-12-9-28)4-6-26(33-24)32-23-5-3-19(20-14-30-15-21(20)23)25-16-31-27-13-18(29)7-10-35(25)27/h3-7,10,13,16,30,36H,8-9,11-12,14-15,17H2,1-2H3,(H,32,33). The Labute approximate surface area is 215 Å². The Kier molecular flexibility index (Phi) is 6.16. The molecule has 0 atom stereocenters. The summed E-state index contributed by atoms with van der Waals surface area (Å²) in [7, 11) is 4.01. The number of fused-ring (bicyclic) bond motifs is 2. The minimum absolute atomic E-state index is 0.299. The molecule has 0 spiro atoms. The minimum Gasteiger partial charge on any atom is -0.385 e. The number of ether oxygens (including phenoxy) is 1. The predicted octanol–water partition coefficient (Wildman–Crippen LogP) is 3.94. The number of hydrogen-bond acceptors (Lipinski definition) is 7. The molecule has 1 fully saturated rings. The van der Waals surface area contributed by atoms with Crippen LogP contribution in [0.4, 0.5) is 15.9 Å². The number of nitrogens with one attached hydrogen (secondary N) is 2.